The van der Waals surface area contributed by atoms with Crippen LogP contribution in [0.4, 0.5) is 0 Å². The highest BCUT2D eigenvalue weighted by Crippen LogP contribution is 2.32. The zero-order chi connectivity index (χ0) is 15.5. The molecule has 2 unspecified atom stereocenters. The predicted molar refractivity (Wildman–Crippen MR) is 84.0 cm³/mol. The number of sulfone groups is 1. The standard InChI is InChI=1S/C16H25NO3S/c1-3-21(19,20)15-8-6-7-14(11-15)16(13(2)12-18)17-9-4-5-10-17/h6-8,11,13,16,18H,3-5,9-10,12H2,1-2H3. The van der Waals surface area contributed by atoms with Gasteiger partial charge in [-0.25, -0.2) is 8.42 Å². The quantitative estimate of drug-likeness (QED) is 0.875. The second-order valence-electron chi connectivity index (χ2n) is 5.82. The van der Waals surface area contributed by atoms with Gasteiger partial charge in [-0.1, -0.05) is 26.0 Å². The van der Waals surface area contributed by atoms with Crippen molar-refractivity contribution in [1.29, 1.82) is 0 Å². The Labute approximate surface area is 127 Å². The van der Waals surface area contributed by atoms with Crippen LogP contribution in [0.1, 0.15) is 38.3 Å². The molecule has 2 atom stereocenters. The topological polar surface area (TPSA) is 57.6 Å². The van der Waals surface area contributed by atoms with Gasteiger partial charge < -0.3 is 5.11 Å². The Morgan fingerprint density at radius 1 is 1.29 bits per heavy atom. The van der Waals surface area contributed by atoms with Crippen LogP contribution in [0.25, 0.3) is 0 Å². The number of likely N-dealkylation sites (tertiary alicyclic amines) is 1. The van der Waals surface area contributed by atoms with E-state index >= 15 is 0 Å². The molecule has 1 fully saturated rings. The van der Waals surface area contributed by atoms with Crippen LogP contribution in [0.15, 0.2) is 29.2 Å². The van der Waals surface area contributed by atoms with Gasteiger partial charge in [-0.3, -0.25) is 4.90 Å². The zero-order valence-electron chi connectivity index (χ0n) is 12.8. The van der Waals surface area contributed by atoms with Crippen molar-refractivity contribution in [3.63, 3.8) is 0 Å². The van der Waals surface area contributed by atoms with Crippen LogP contribution >= 0.6 is 0 Å². The summed E-state index contributed by atoms with van der Waals surface area (Å²) in [5, 5.41) is 9.56. The Bertz CT molecular complexity index is 565. The molecule has 1 aromatic carbocycles. The van der Waals surface area contributed by atoms with E-state index in [1.54, 1.807) is 19.1 Å². The van der Waals surface area contributed by atoms with Crippen LogP contribution < -0.4 is 0 Å². The largest absolute Gasteiger partial charge is 0.396 e. The van der Waals surface area contributed by atoms with Gasteiger partial charge in [0.1, 0.15) is 0 Å². The average molecular weight is 311 g/mol. The molecule has 1 aliphatic rings. The summed E-state index contributed by atoms with van der Waals surface area (Å²) < 4.78 is 24.1. The van der Waals surface area contributed by atoms with E-state index in [1.807, 2.05) is 19.1 Å². The summed E-state index contributed by atoms with van der Waals surface area (Å²) in [6.07, 6.45) is 2.34. The Balaban J connectivity index is 2.38. The maximum absolute atomic E-state index is 12.1. The van der Waals surface area contributed by atoms with Crippen molar-refractivity contribution in [2.75, 3.05) is 25.4 Å². The molecule has 1 saturated heterocycles. The molecule has 1 N–H and O–H groups in total. The van der Waals surface area contributed by atoms with Crippen molar-refractivity contribution in [3.05, 3.63) is 29.8 Å². The third-order valence-electron chi connectivity index (χ3n) is 4.30. The molecule has 0 spiro atoms. The fraction of sp³-hybridized carbons (Fsp3) is 0.625. The van der Waals surface area contributed by atoms with Gasteiger partial charge in [0.15, 0.2) is 9.84 Å². The Morgan fingerprint density at radius 2 is 1.95 bits per heavy atom. The first-order valence-corrected chi connectivity index (χ1v) is 9.32. The van der Waals surface area contributed by atoms with E-state index < -0.39 is 9.84 Å². The predicted octanol–water partition coefficient (Wildman–Crippen LogP) is 2.25. The summed E-state index contributed by atoms with van der Waals surface area (Å²) in [5.74, 6) is 0.197. The van der Waals surface area contributed by atoms with Crippen molar-refractivity contribution in [2.45, 2.75) is 37.6 Å². The number of hydrogen-bond acceptors (Lipinski definition) is 4. The molecule has 1 heterocycles. The minimum absolute atomic E-state index is 0.0858. The van der Waals surface area contributed by atoms with E-state index in [1.165, 1.54) is 12.8 Å². The Kier molecular flexibility index (Phi) is 5.41. The first kappa shape index (κ1) is 16.5. The smallest absolute Gasteiger partial charge is 0.178 e. The number of nitrogens with zero attached hydrogens (tertiary/aromatic N) is 1. The molecule has 1 aliphatic heterocycles. The summed E-state index contributed by atoms with van der Waals surface area (Å²) >= 11 is 0. The second-order valence-corrected chi connectivity index (χ2v) is 8.10. The lowest BCUT2D eigenvalue weighted by Gasteiger charge is -2.32. The van der Waals surface area contributed by atoms with Crippen LogP contribution in [0.2, 0.25) is 0 Å². The molecule has 0 saturated carbocycles. The van der Waals surface area contributed by atoms with Crippen molar-refractivity contribution in [2.24, 2.45) is 5.92 Å². The minimum Gasteiger partial charge on any atom is -0.396 e. The fourth-order valence-electron chi connectivity index (χ4n) is 3.08. The monoisotopic (exact) mass is 311 g/mol. The van der Waals surface area contributed by atoms with E-state index in [2.05, 4.69) is 4.90 Å². The van der Waals surface area contributed by atoms with Gasteiger partial charge in [0.25, 0.3) is 0 Å². The second kappa shape index (κ2) is 6.90. The molecule has 21 heavy (non-hydrogen) atoms. The molecule has 118 valence electrons. The normalized spacial score (nSPS) is 19.6. The van der Waals surface area contributed by atoms with Crippen LogP contribution in [-0.2, 0) is 9.84 Å². The average Bonchev–Trinajstić information content (AvgIpc) is 3.01. The molecule has 5 heteroatoms. The van der Waals surface area contributed by atoms with Gasteiger partial charge in [0.05, 0.1) is 10.6 Å². The number of aliphatic hydroxyl groups excluding tert-OH is 1. The van der Waals surface area contributed by atoms with Crippen LogP contribution in [-0.4, -0.2) is 43.9 Å². The molecule has 0 bridgehead atoms. The van der Waals surface area contributed by atoms with Crippen LogP contribution in [0.5, 0.6) is 0 Å². The molecular weight excluding hydrogens is 286 g/mol. The minimum atomic E-state index is -3.19. The molecule has 2 rings (SSSR count). The van der Waals surface area contributed by atoms with Crippen molar-refractivity contribution in [1.82, 2.24) is 4.90 Å². The van der Waals surface area contributed by atoms with E-state index in [4.69, 9.17) is 0 Å². The van der Waals surface area contributed by atoms with Gasteiger partial charge in [-0.05, 0) is 49.5 Å². The molecule has 4 nitrogen and oxygen atoms in total. The maximum Gasteiger partial charge on any atom is 0.178 e. The summed E-state index contributed by atoms with van der Waals surface area (Å²) in [5.41, 5.74) is 0.993. The lowest BCUT2D eigenvalue weighted by atomic mass is 9.94. The molecule has 1 aromatic rings. The summed E-state index contributed by atoms with van der Waals surface area (Å²) in [7, 11) is -3.19. The lowest BCUT2D eigenvalue weighted by Crippen LogP contribution is -2.32. The number of hydrogen-bond donors (Lipinski definition) is 1. The zero-order valence-corrected chi connectivity index (χ0v) is 13.6. The molecule has 0 amide bonds. The maximum atomic E-state index is 12.1. The third kappa shape index (κ3) is 3.65. The van der Waals surface area contributed by atoms with Gasteiger partial charge in [-0.2, -0.15) is 0 Å². The van der Waals surface area contributed by atoms with E-state index in [9.17, 15) is 13.5 Å². The highest BCUT2D eigenvalue weighted by molar-refractivity contribution is 7.91. The fourth-order valence-corrected chi connectivity index (χ4v) is 4.01. The van der Waals surface area contributed by atoms with E-state index in [0.717, 1.165) is 18.7 Å². The van der Waals surface area contributed by atoms with Gasteiger partial charge >= 0.3 is 0 Å². The van der Waals surface area contributed by atoms with Crippen molar-refractivity contribution < 1.29 is 13.5 Å². The lowest BCUT2D eigenvalue weighted by molar-refractivity contribution is 0.126. The molecule has 0 radical (unpaired) electrons. The van der Waals surface area contributed by atoms with Crippen molar-refractivity contribution in [3.8, 4) is 0 Å². The van der Waals surface area contributed by atoms with Gasteiger partial charge in [-0.15, -0.1) is 0 Å². The van der Waals surface area contributed by atoms with Crippen molar-refractivity contribution >= 4 is 9.84 Å². The first-order chi connectivity index (χ1) is 9.99. The van der Waals surface area contributed by atoms with Gasteiger partial charge in [0.2, 0.25) is 0 Å². The van der Waals surface area contributed by atoms with Gasteiger partial charge in [0, 0.05) is 12.6 Å². The summed E-state index contributed by atoms with van der Waals surface area (Å²) in [6.45, 7) is 5.81. The summed E-state index contributed by atoms with van der Waals surface area (Å²) in [4.78, 5) is 2.75. The number of benzene rings is 1. The van der Waals surface area contributed by atoms with Crippen LogP contribution in [0, 0.1) is 5.92 Å². The van der Waals surface area contributed by atoms with Crippen LogP contribution in [0.3, 0.4) is 0 Å². The highest BCUT2D eigenvalue weighted by atomic mass is 32.2. The highest BCUT2D eigenvalue weighted by Gasteiger charge is 2.28. The third-order valence-corrected chi connectivity index (χ3v) is 6.03. The molecular formula is C16H25NO3S. The SMILES string of the molecule is CCS(=O)(=O)c1cccc(C(C(C)CO)N2CCCC2)c1. The Hall–Kier alpha value is -0.910. The number of rotatable bonds is 6. The molecule has 0 aliphatic carbocycles. The molecule has 0 aromatic heterocycles. The van der Waals surface area contributed by atoms with E-state index in [0.29, 0.717) is 4.90 Å². The summed E-state index contributed by atoms with van der Waals surface area (Å²) in [6, 6.07) is 7.32. The Morgan fingerprint density at radius 3 is 2.52 bits per heavy atom. The number of aliphatic hydroxyl groups is 1. The van der Waals surface area contributed by atoms with E-state index in [-0.39, 0.29) is 24.3 Å². The first-order valence-electron chi connectivity index (χ1n) is 7.67.